The average Bonchev–Trinajstić information content (AvgIpc) is 3.09. The summed E-state index contributed by atoms with van der Waals surface area (Å²) in [6.07, 6.45) is 1.61. The standard InChI is InChI=1S/C20H21N3O4S/c1-4-27-17-10-5-14(11-18(17)26-3)12-21-22-20-23(19(24)13-28-20)15-6-8-16(25-2)9-7-15/h5-12H,4,13H2,1-3H3/b21-12+,22-20-. The molecule has 0 radical (unpaired) electrons. The van der Waals surface area contributed by atoms with Gasteiger partial charge in [0, 0.05) is 0 Å². The van der Waals surface area contributed by atoms with Crippen LogP contribution in [-0.2, 0) is 4.79 Å². The van der Waals surface area contributed by atoms with Crippen LogP contribution in [0.2, 0.25) is 0 Å². The number of hydrogen-bond donors (Lipinski definition) is 0. The molecule has 1 fully saturated rings. The SMILES string of the molecule is CCOc1ccc(/C=N/N=C2\SCC(=O)N2c2ccc(OC)cc2)cc1OC. The van der Waals surface area contributed by atoms with E-state index in [1.165, 1.54) is 11.8 Å². The molecule has 0 aromatic heterocycles. The molecule has 28 heavy (non-hydrogen) atoms. The number of carbonyl (C=O) groups is 1. The second-order valence-electron chi connectivity index (χ2n) is 5.69. The Hall–Kier alpha value is -3.00. The fourth-order valence-corrected chi connectivity index (χ4v) is 3.43. The zero-order valence-corrected chi connectivity index (χ0v) is 16.7. The normalized spacial score (nSPS) is 15.5. The zero-order valence-electron chi connectivity index (χ0n) is 15.9. The number of thioether (sulfide) groups is 1. The van der Waals surface area contributed by atoms with Gasteiger partial charge in [-0.25, -0.2) is 0 Å². The Kier molecular flexibility index (Phi) is 6.54. The molecule has 2 aromatic carbocycles. The number of ether oxygens (including phenoxy) is 3. The molecule has 1 aliphatic heterocycles. The van der Waals surface area contributed by atoms with Gasteiger partial charge in [0.25, 0.3) is 0 Å². The lowest BCUT2D eigenvalue weighted by Gasteiger charge is -2.15. The quantitative estimate of drug-likeness (QED) is 0.526. The second kappa shape index (κ2) is 9.27. The first-order valence-electron chi connectivity index (χ1n) is 8.68. The first-order valence-corrected chi connectivity index (χ1v) is 9.66. The Morgan fingerprint density at radius 2 is 1.89 bits per heavy atom. The van der Waals surface area contributed by atoms with Gasteiger partial charge in [0.1, 0.15) is 5.75 Å². The third kappa shape index (κ3) is 4.45. The topological polar surface area (TPSA) is 72.7 Å². The number of benzene rings is 2. The number of methoxy groups -OCH3 is 2. The van der Waals surface area contributed by atoms with Crippen LogP contribution in [-0.4, -0.2) is 43.9 Å². The number of nitrogens with zero attached hydrogens (tertiary/aromatic N) is 3. The Bertz CT molecular complexity index is 897. The highest BCUT2D eigenvalue weighted by molar-refractivity contribution is 8.15. The van der Waals surface area contributed by atoms with E-state index in [1.807, 2.05) is 37.3 Å². The van der Waals surface area contributed by atoms with Crippen LogP contribution in [0.4, 0.5) is 5.69 Å². The number of amides is 1. The van der Waals surface area contributed by atoms with Crippen molar-refractivity contribution in [3.8, 4) is 17.2 Å². The average molecular weight is 399 g/mol. The molecule has 0 N–H and O–H groups in total. The molecular weight excluding hydrogens is 378 g/mol. The summed E-state index contributed by atoms with van der Waals surface area (Å²) in [5.74, 6) is 2.33. The maximum absolute atomic E-state index is 12.3. The molecule has 0 spiro atoms. The first-order chi connectivity index (χ1) is 13.7. The molecule has 0 saturated carbocycles. The van der Waals surface area contributed by atoms with E-state index in [-0.39, 0.29) is 5.91 Å². The minimum absolute atomic E-state index is 0.0353. The number of rotatable bonds is 7. The molecule has 1 saturated heterocycles. The molecular formula is C20H21N3O4S. The van der Waals surface area contributed by atoms with E-state index in [2.05, 4.69) is 10.2 Å². The van der Waals surface area contributed by atoms with Crippen molar-refractivity contribution in [1.82, 2.24) is 0 Å². The van der Waals surface area contributed by atoms with E-state index in [9.17, 15) is 4.79 Å². The summed E-state index contributed by atoms with van der Waals surface area (Å²) in [7, 11) is 3.19. The van der Waals surface area contributed by atoms with Gasteiger partial charge in [-0.05, 0) is 55.0 Å². The number of carbonyl (C=O) groups excluding carboxylic acids is 1. The van der Waals surface area contributed by atoms with Crippen molar-refractivity contribution < 1.29 is 19.0 Å². The van der Waals surface area contributed by atoms with Crippen LogP contribution in [0, 0.1) is 0 Å². The van der Waals surface area contributed by atoms with E-state index < -0.39 is 0 Å². The number of anilines is 1. The van der Waals surface area contributed by atoms with Crippen molar-refractivity contribution >= 4 is 34.7 Å². The van der Waals surface area contributed by atoms with Crippen LogP contribution in [0.25, 0.3) is 0 Å². The molecule has 7 nitrogen and oxygen atoms in total. The van der Waals surface area contributed by atoms with Gasteiger partial charge < -0.3 is 14.2 Å². The van der Waals surface area contributed by atoms with Crippen molar-refractivity contribution in [3.05, 3.63) is 48.0 Å². The Morgan fingerprint density at radius 3 is 2.57 bits per heavy atom. The van der Waals surface area contributed by atoms with Crippen LogP contribution in [0.15, 0.2) is 52.7 Å². The first kappa shape index (κ1) is 19.8. The van der Waals surface area contributed by atoms with Crippen molar-refractivity contribution in [2.45, 2.75) is 6.92 Å². The van der Waals surface area contributed by atoms with Crippen molar-refractivity contribution in [3.63, 3.8) is 0 Å². The van der Waals surface area contributed by atoms with Crippen LogP contribution >= 0.6 is 11.8 Å². The van der Waals surface area contributed by atoms with E-state index in [0.29, 0.717) is 29.0 Å². The third-order valence-corrected chi connectivity index (χ3v) is 4.85. The molecule has 1 amide bonds. The van der Waals surface area contributed by atoms with Gasteiger partial charge in [-0.3, -0.25) is 9.69 Å². The summed E-state index contributed by atoms with van der Waals surface area (Å²) in [5, 5.41) is 8.91. The minimum atomic E-state index is -0.0353. The number of hydrogen-bond acceptors (Lipinski definition) is 7. The van der Waals surface area contributed by atoms with Gasteiger partial charge in [-0.1, -0.05) is 11.8 Å². The van der Waals surface area contributed by atoms with Crippen molar-refractivity contribution in [2.24, 2.45) is 10.2 Å². The Morgan fingerprint density at radius 1 is 1.11 bits per heavy atom. The van der Waals surface area contributed by atoms with Crippen LogP contribution in [0.5, 0.6) is 17.2 Å². The maximum Gasteiger partial charge on any atom is 0.243 e. The predicted molar refractivity (Wildman–Crippen MR) is 112 cm³/mol. The van der Waals surface area contributed by atoms with Crippen LogP contribution < -0.4 is 19.1 Å². The summed E-state index contributed by atoms with van der Waals surface area (Å²) < 4.78 is 16.0. The maximum atomic E-state index is 12.3. The van der Waals surface area contributed by atoms with Gasteiger partial charge >= 0.3 is 0 Å². The van der Waals surface area contributed by atoms with E-state index in [0.717, 1.165) is 17.0 Å². The van der Waals surface area contributed by atoms with E-state index >= 15 is 0 Å². The summed E-state index contributed by atoms with van der Waals surface area (Å²) in [6.45, 7) is 2.48. The molecule has 1 aliphatic rings. The largest absolute Gasteiger partial charge is 0.497 e. The molecule has 0 bridgehead atoms. The summed E-state index contributed by atoms with van der Waals surface area (Å²) in [4.78, 5) is 13.8. The summed E-state index contributed by atoms with van der Waals surface area (Å²) in [6, 6.07) is 12.8. The lowest BCUT2D eigenvalue weighted by Crippen LogP contribution is -2.28. The lowest BCUT2D eigenvalue weighted by atomic mass is 10.2. The fraction of sp³-hybridized carbons (Fsp3) is 0.250. The summed E-state index contributed by atoms with van der Waals surface area (Å²) in [5.41, 5.74) is 1.54. The Labute approximate surface area is 168 Å². The highest BCUT2D eigenvalue weighted by atomic mass is 32.2. The molecule has 0 aliphatic carbocycles. The summed E-state index contributed by atoms with van der Waals surface area (Å²) >= 11 is 1.35. The van der Waals surface area contributed by atoms with Crippen LogP contribution in [0.3, 0.4) is 0 Å². The highest BCUT2D eigenvalue weighted by Gasteiger charge is 2.29. The molecule has 1 heterocycles. The zero-order chi connectivity index (χ0) is 19.9. The van der Waals surface area contributed by atoms with Crippen molar-refractivity contribution in [2.75, 3.05) is 31.5 Å². The van der Waals surface area contributed by atoms with Crippen molar-refractivity contribution in [1.29, 1.82) is 0 Å². The Balaban J connectivity index is 1.79. The minimum Gasteiger partial charge on any atom is -0.497 e. The predicted octanol–water partition coefficient (Wildman–Crippen LogP) is 3.57. The molecule has 0 atom stereocenters. The third-order valence-electron chi connectivity index (χ3n) is 3.93. The molecule has 2 aromatic rings. The molecule has 146 valence electrons. The van der Waals surface area contributed by atoms with Gasteiger partial charge in [-0.15, -0.1) is 5.10 Å². The van der Waals surface area contributed by atoms with Crippen LogP contribution in [0.1, 0.15) is 12.5 Å². The lowest BCUT2D eigenvalue weighted by molar-refractivity contribution is -0.115. The molecule has 0 unspecified atom stereocenters. The molecule has 8 heteroatoms. The monoisotopic (exact) mass is 399 g/mol. The smallest absolute Gasteiger partial charge is 0.243 e. The highest BCUT2D eigenvalue weighted by Crippen LogP contribution is 2.29. The fourth-order valence-electron chi connectivity index (χ4n) is 2.61. The van der Waals surface area contributed by atoms with Gasteiger partial charge in [0.2, 0.25) is 5.91 Å². The van der Waals surface area contributed by atoms with E-state index in [1.54, 1.807) is 37.5 Å². The second-order valence-corrected chi connectivity index (χ2v) is 6.63. The van der Waals surface area contributed by atoms with Gasteiger partial charge in [0.05, 0.1) is 38.5 Å². The van der Waals surface area contributed by atoms with Gasteiger partial charge in [-0.2, -0.15) is 5.10 Å². The van der Waals surface area contributed by atoms with Gasteiger partial charge in [0.15, 0.2) is 16.7 Å². The van der Waals surface area contributed by atoms with E-state index in [4.69, 9.17) is 14.2 Å². The molecule has 3 rings (SSSR count). The number of amidine groups is 1.